The van der Waals surface area contributed by atoms with Crippen LogP contribution >= 0.6 is 0 Å². The van der Waals surface area contributed by atoms with Crippen LogP contribution in [-0.2, 0) is 4.79 Å². The Morgan fingerprint density at radius 3 is 2.32 bits per heavy atom. The molecule has 0 bridgehead atoms. The molecule has 0 radical (unpaired) electrons. The fourth-order valence-corrected chi connectivity index (χ4v) is 3.03. The van der Waals surface area contributed by atoms with Gasteiger partial charge in [-0.3, -0.25) is 14.9 Å². The molecule has 0 aliphatic heterocycles. The summed E-state index contributed by atoms with van der Waals surface area (Å²) in [6, 6.07) is 9.95. The third-order valence-electron chi connectivity index (χ3n) is 4.60. The number of benzene rings is 2. The second-order valence-electron chi connectivity index (χ2n) is 7.02. The number of hydrogen-bond acceptors (Lipinski definition) is 4. The lowest BCUT2D eigenvalue weighted by Gasteiger charge is -2.20. The quantitative estimate of drug-likeness (QED) is 0.418. The van der Waals surface area contributed by atoms with Crippen LogP contribution in [0.25, 0.3) is 6.08 Å². The van der Waals surface area contributed by atoms with Gasteiger partial charge in [0.05, 0.1) is 18.1 Å². The number of rotatable bonds is 7. The van der Waals surface area contributed by atoms with Gasteiger partial charge in [0, 0.05) is 18.2 Å². The van der Waals surface area contributed by atoms with Crippen LogP contribution in [0.15, 0.2) is 42.5 Å². The standard InChI is InChI=1S/C22H26N2O4/c1-14(2)19-13-20(15(3)12-21(19)28-5)16(4)23-22(25)11-8-17-6-9-18(10-7-17)24(26)27/h6-14,16H,1-5H3,(H,23,25)/b11-8+. The van der Waals surface area contributed by atoms with Crippen molar-refractivity contribution in [1.29, 1.82) is 0 Å². The zero-order chi connectivity index (χ0) is 20.8. The number of aryl methyl sites for hydroxylation is 1. The topological polar surface area (TPSA) is 81.5 Å². The minimum Gasteiger partial charge on any atom is -0.496 e. The van der Waals surface area contributed by atoms with Crippen molar-refractivity contribution >= 4 is 17.7 Å². The summed E-state index contributed by atoms with van der Waals surface area (Å²) in [4.78, 5) is 22.5. The number of carbonyl (C=O) groups excluding carboxylic acids is 1. The summed E-state index contributed by atoms with van der Waals surface area (Å²) in [6.45, 7) is 8.15. The Balaban J connectivity index is 2.11. The summed E-state index contributed by atoms with van der Waals surface area (Å²) in [6.07, 6.45) is 3.06. The average molecular weight is 382 g/mol. The molecule has 148 valence electrons. The van der Waals surface area contributed by atoms with Gasteiger partial charge in [-0.15, -0.1) is 0 Å². The van der Waals surface area contributed by atoms with Gasteiger partial charge >= 0.3 is 0 Å². The van der Waals surface area contributed by atoms with Gasteiger partial charge in [-0.2, -0.15) is 0 Å². The summed E-state index contributed by atoms with van der Waals surface area (Å²) in [7, 11) is 1.66. The minimum absolute atomic E-state index is 0.0196. The first-order valence-electron chi connectivity index (χ1n) is 9.14. The number of hydrogen-bond donors (Lipinski definition) is 1. The predicted octanol–water partition coefficient (Wildman–Crippen LogP) is 4.93. The van der Waals surface area contributed by atoms with E-state index in [1.807, 2.05) is 19.9 Å². The zero-order valence-corrected chi connectivity index (χ0v) is 16.9. The Morgan fingerprint density at radius 1 is 1.14 bits per heavy atom. The summed E-state index contributed by atoms with van der Waals surface area (Å²) >= 11 is 0. The minimum atomic E-state index is -0.454. The molecule has 0 aromatic heterocycles. The third kappa shape index (κ3) is 5.19. The van der Waals surface area contributed by atoms with Gasteiger partial charge in [0.2, 0.25) is 5.91 Å². The van der Waals surface area contributed by atoms with E-state index >= 15 is 0 Å². The SMILES string of the molecule is COc1cc(C)c(C(C)NC(=O)/C=C/c2ccc([N+](=O)[O-])cc2)cc1C(C)C. The monoisotopic (exact) mass is 382 g/mol. The summed E-state index contributed by atoms with van der Waals surface area (Å²) in [5.41, 5.74) is 3.93. The van der Waals surface area contributed by atoms with E-state index in [-0.39, 0.29) is 17.6 Å². The summed E-state index contributed by atoms with van der Waals surface area (Å²) in [5.74, 6) is 0.930. The van der Waals surface area contributed by atoms with Crippen molar-refractivity contribution in [3.05, 3.63) is 74.8 Å². The highest BCUT2D eigenvalue weighted by molar-refractivity contribution is 5.92. The van der Waals surface area contributed by atoms with E-state index in [9.17, 15) is 14.9 Å². The third-order valence-corrected chi connectivity index (χ3v) is 4.60. The number of non-ortho nitro benzene ring substituents is 1. The first kappa shape index (κ1) is 21.2. The molecule has 6 nitrogen and oxygen atoms in total. The molecule has 0 aliphatic rings. The van der Waals surface area contributed by atoms with E-state index in [2.05, 4.69) is 25.2 Å². The van der Waals surface area contributed by atoms with E-state index in [0.29, 0.717) is 5.92 Å². The van der Waals surface area contributed by atoms with E-state index in [1.54, 1.807) is 25.3 Å². The maximum atomic E-state index is 12.3. The number of nitrogens with zero attached hydrogens (tertiary/aromatic N) is 1. The molecule has 1 N–H and O–H groups in total. The Morgan fingerprint density at radius 2 is 1.79 bits per heavy atom. The molecule has 2 aromatic rings. The van der Waals surface area contributed by atoms with Crippen LogP contribution in [0.4, 0.5) is 5.69 Å². The van der Waals surface area contributed by atoms with Crippen LogP contribution in [-0.4, -0.2) is 17.9 Å². The molecule has 1 unspecified atom stereocenters. The highest BCUT2D eigenvalue weighted by atomic mass is 16.6. The van der Waals surface area contributed by atoms with Crippen molar-refractivity contribution in [2.24, 2.45) is 0 Å². The van der Waals surface area contributed by atoms with Gasteiger partial charge in [0.15, 0.2) is 0 Å². The van der Waals surface area contributed by atoms with Gasteiger partial charge in [-0.25, -0.2) is 0 Å². The van der Waals surface area contributed by atoms with E-state index in [1.165, 1.54) is 18.2 Å². The van der Waals surface area contributed by atoms with Gasteiger partial charge in [-0.1, -0.05) is 13.8 Å². The lowest BCUT2D eigenvalue weighted by atomic mass is 9.93. The van der Waals surface area contributed by atoms with E-state index < -0.39 is 4.92 Å². The van der Waals surface area contributed by atoms with Gasteiger partial charge < -0.3 is 10.1 Å². The van der Waals surface area contributed by atoms with Crippen molar-refractivity contribution in [2.45, 2.75) is 39.7 Å². The molecule has 0 spiro atoms. The normalized spacial score (nSPS) is 12.2. The largest absolute Gasteiger partial charge is 0.496 e. The molecule has 0 fully saturated rings. The summed E-state index contributed by atoms with van der Waals surface area (Å²) < 4.78 is 5.47. The zero-order valence-electron chi connectivity index (χ0n) is 16.9. The molecule has 0 aliphatic carbocycles. The molecule has 0 saturated heterocycles. The second-order valence-corrected chi connectivity index (χ2v) is 7.02. The van der Waals surface area contributed by atoms with Crippen LogP contribution in [0.1, 0.15) is 55.0 Å². The van der Waals surface area contributed by atoms with Crippen molar-refractivity contribution in [1.82, 2.24) is 5.32 Å². The van der Waals surface area contributed by atoms with Crippen LogP contribution in [0.5, 0.6) is 5.75 Å². The number of ether oxygens (including phenoxy) is 1. The first-order chi connectivity index (χ1) is 13.2. The average Bonchev–Trinajstić information content (AvgIpc) is 2.65. The lowest BCUT2D eigenvalue weighted by molar-refractivity contribution is -0.384. The number of nitro benzene ring substituents is 1. The van der Waals surface area contributed by atoms with Crippen molar-refractivity contribution in [3.8, 4) is 5.75 Å². The van der Waals surface area contributed by atoms with Crippen LogP contribution in [0.2, 0.25) is 0 Å². The van der Waals surface area contributed by atoms with E-state index in [4.69, 9.17) is 4.74 Å². The maximum absolute atomic E-state index is 12.3. The van der Waals surface area contributed by atoms with Crippen LogP contribution in [0.3, 0.4) is 0 Å². The van der Waals surface area contributed by atoms with E-state index in [0.717, 1.165) is 28.0 Å². The Bertz CT molecular complexity index is 886. The molecule has 28 heavy (non-hydrogen) atoms. The maximum Gasteiger partial charge on any atom is 0.269 e. The number of carbonyl (C=O) groups is 1. The smallest absolute Gasteiger partial charge is 0.269 e. The summed E-state index contributed by atoms with van der Waals surface area (Å²) in [5, 5.41) is 13.6. The molecule has 2 aromatic carbocycles. The molecular weight excluding hydrogens is 356 g/mol. The molecular formula is C22H26N2O4. The van der Waals surface area contributed by atoms with Crippen molar-refractivity contribution in [2.75, 3.05) is 7.11 Å². The Hall–Kier alpha value is -3.15. The highest BCUT2D eigenvalue weighted by Crippen LogP contribution is 2.32. The number of nitrogens with one attached hydrogen (secondary N) is 1. The molecule has 0 saturated carbocycles. The number of amides is 1. The molecule has 2 rings (SSSR count). The fraction of sp³-hybridized carbons (Fsp3) is 0.318. The van der Waals surface area contributed by atoms with Crippen molar-refractivity contribution < 1.29 is 14.5 Å². The Kier molecular flexibility index (Phi) is 6.93. The van der Waals surface area contributed by atoms with Crippen LogP contribution in [0, 0.1) is 17.0 Å². The number of nitro groups is 1. The molecule has 1 amide bonds. The van der Waals surface area contributed by atoms with Gasteiger partial charge in [-0.05, 0) is 72.4 Å². The molecule has 6 heteroatoms. The molecule has 1 atom stereocenters. The highest BCUT2D eigenvalue weighted by Gasteiger charge is 2.16. The lowest BCUT2D eigenvalue weighted by Crippen LogP contribution is -2.25. The predicted molar refractivity (Wildman–Crippen MR) is 111 cm³/mol. The second kappa shape index (κ2) is 9.17. The van der Waals surface area contributed by atoms with Crippen LogP contribution < -0.4 is 10.1 Å². The van der Waals surface area contributed by atoms with Gasteiger partial charge in [0.1, 0.15) is 5.75 Å². The Labute approximate surface area is 165 Å². The fourth-order valence-electron chi connectivity index (χ4n) is 3.03. The van der Waals surface area contributed by atoms with Crippen molar-refractivity contribution in [3.63, 3.8) is 0 Å². The number of methoxy groups -OCH3 is 1. The molecule has 0 heterocycles. The first-order valence-corrected chi connectivity index (χ1v) is 9.14. The van der Waals surface area contributed by atoms with Gasteiger partial charge in [0.25, 0.3) is 5.69 Å².